The van der Waals surface area contributed by atoms with Gasteiger partial charge in [-0.1, -0.05) is 74.3 Å². The Morgan fingerprint density at radius 3 is 0.532 bits per heavy atom. The van der Waals surface area contributed by atoms with Gasteiger partial charge in [-0.05, 0) is 309 Å². The Labute approximate surface area is 853 Å². The van der Waals surface area contributed by atoms with E-state index in [0.29, 0.717) is 115 Å². The average molecular weight is 2190 g/mol. The van der Waals surface area contributed by atoms with Crippen molar-refractivity contribution in [1.29, 1.82) is 0 Å². The molecule has 0 saturated heterocycles. The predicted octanol–water partition coefficient (Wildman–Crippen LogP) is 32.0. The van der Waals surface area contributed by atoms with Crippen LogP contribution in [0, 0.1) is 134 Å². The number of hydrogen-bond acceptors (Lipinski definition) is 5. The summed E-state index contributed by atoms with van der Waals surface area (Å²) in [6.45, 7) is -3.07. The van der Waals surface area contributed by atoms with Gasteiger partial charge in [0.05, 0.1) is 42.3 Å². The molecule has 691 valence electrons. The molecule has 5 nitrogen and oxygen atoms in total. The topological polar surface area (TPSA) is 101 Å². The van der Waals surface area contributed by atoms with E-state index in [0.717, 1.165) is 89.2 Å². The molecule has 9 aromatic carbocycles. The summed E-state index contributed by atoms with van der Waals surface area (Å²) in [4.78, 5) is 0. The summed E-state index contributed by atoms with van der Waals surface area (Å²) in [5, 5.41) is 45.3. The van der Waals surface area contributed by atoms with Gasteiger partial charge in [0, 0.05) is 164 Å². The third kappa shape index (κ3) is 34.4. The molecule has 0 spiro atoms. The summed E-state index contributed by atoms with van der Waals surface area (Å²) in [6, 6.07) is 14.8. The zero-order valence-corrected chi connectivity index (χ0v) is 75.9. The molecule has 9 aromatic rings. The summed E-state index contributed by atoms with van der Waals surface area (Å²) in [6.07, 6.45) is 14.0. The predicted molar refractivity (Wildman–Crippen MR) is 436 cm³/mol. The third-order valence-corrected chi connectivity index (χ3v) is 21.0. The SMILES string of the molecule is C.C.C.C.C.C.C.C.C.C.Oc1c(F)cc(-c2c(F)cc(-c3c(F)cc(CF)cc3F)cc2F)cc1F.Oc1c(F)cc(-c2c(F)cc(C3CCC(CF)CC3)cc2F)cc1F.Oc1c(F)cc(-c2c(F)cc(CF)cc2F)cc1F.Oc1c(F)cc(C2CCC(C3CCC(CF)CC3)CC2)cc1F.Oc1c(F)cc(C2CCC(CF)CC2)cc1F.[Y].[Y].[Y].[Y].[Y]. The maximum absolute atomic E-state index is 14.5. The molecule has 4 aliphatic rings. The fourth-order valence-corrected chi connectivity index (χ4v) is 14.9. The largest absolute Gasteiger partial charge is 0.503 e. The monoisotopic (exact) mass is 2190 g/mol. The van der Waals surface area contributed by atoms with Gasteiger partial charge in [-0.2, -0.15) is 0 Å². The Bertz CT molecular complexity index is 4560. The maximum Gasteiger partial charge on any atom is 0.187 e. The van der Waals surface area contributed by atoms with E-state index in [9.17, 15) is 106 Å². The number of halogens is 23. The Hall–Kier alpha value is -4.11. The van der Waals surface area contributed by atoms with Crippen LogP contribution < -0.4 is 0 Å². The molecule has 5 N–H and O–H groups in total. The van der Waals surface area contributed by atoms with Crippen LogP contribution in [0.4, 0.5) is 101 Å². The maximum atomic E-state index is 14.5. The summed E-state index contributed by atoms with van der Waals surface area (Å²) in [5.74, 6) is -24.6. The molecule has 4 saturated carbocycles. The zero-order valence-electron chi connectivity index (χ0n) is 61.7. The molecule has 0 unspecified atom stereocenters. The summed E-state index contributed by atoms with van der Waals surface area (Å²) in [5.41, 5.74) is -3.50. The normalized spacial score (nSPS) is 17.3. The third-order valence-electron chi connectivity index (χ3n) is 21.0. The van der Waals surface area contributed by atoms with Crippen LogP contribution in [0.25, 0.3) is 44.5 Å². The van der Waals surface area contributed by atoms with Gasteiger partial charge in [-0.15, -0.1) is 0 Å². The first-order valence-electron chi connectivity index (χ1n) is 35.4. The molecule has 0 bridgehead atoms. The van der Waals surface area contributed by atoms with Crippen LogP contribution in [0.2, 0.25) is 0 Å². The van der Waals surface area contributed by atoms with Crippen molar-refractivity contribution in [2.24, 2.45) is 29.6 Å². The van der Waals surface area contributed by atoms with Crippen molar-refractivity contribution in [1.82, 2.24) is 0 Å². The van der Waals surface area contributed by atoms with Crippen molar-refractivity contribution in [3.63, 3.8) is 0 Å². The minimum absolute atomic E-state index is 0. The minimum Gasteiger partial charge on any atom is -0.503 e. The van der Waals surface area contributed by atoms with Crippen LogP contribution in [0.1, 0.15) is 223 Å². The van der Waals surface area contributed by atoms with Gasteiger partial charge in [0.1, 0.15) is 59.9 Å². The molecule has 13 rings (SSSR count). The Morgan fingerprint density at radius 1 is 0.198 bits per heavy atom. The second-order valence-corrected chi connectivity index (χ2v) is 28.1. The zero-order chi connectivity index (χ0) is 81.0. The van der Waals surface area contributed by atoms with E-state index in [1.54, 1.807) is 0 Å². The molecular formula is C93H113F23O5Y5. The molecule has 0 aliphatic heterocycles. The average Bonchev–Trinajstić information content (AvgIpc) is 0.551. The minimum atomic E-state index is -1.44. The Morgan fingerprint density at radius 2 is 0.341 bits per heavy atom. The van der Waals surface area contributed by atoms with Crippen LogP contribution >= 0.6 is 0 Å². The van der Waals surface area contributed by atoms with Crippen molar-refractivity contribution in [3.8, 4) is 73.3 Å². The van der Waals surface area contributed by atoms with Gasteiger partial charge in [0.15, 0.2) is 86.9 Å². The van der Waals surface area contributed by atoms with Gasteiger partial charge >= 0.3 is 0 Å². The molecule has 4 aliphatic carbocycles. The molecule has 0 atom stereocenters. The molecule has 0 aromatic heterocycles. The van der Waals surface area contributed by atoms with E-state index in [4.69, 9.17) is 20.4 Å². The Balaban J connectivity index is -0.000000275. The van der Waals surface area contributed by atoms with Gasteiger partial charge in [-0.25, -0.2) is 87.8 Å². The molecule has 0 amide bonds. The fourth-order valence-electron chi connectivity index (χ4n) is 14.9. The summed E-state index contributed by atoms with van der Waals surface area (Å²) in [7, 11) is 0. The Kier molecular flexibility index (Phi) is 66.8. The first-order chi connectivity index (χ1) is 52.8. The second kappa shape index (κ2) is 62.4. The van der Waals surface area contributed by atoms with E-state index in [-0.39, 0.29) is 310 Å². The van der Waals surface area contributed by atoms with Gasteiger partial charge in [-0.3, -0.25) is 13.2 Å². The number of rotatable bonds is 13. The van der Waals surface area contributed by atoms with Crippen LogP contribution in [0.5, 0.6) is 28.7 Å². The molecule has 33 heteroatoms. The van der Waals surface area contributed by atoms with E-state index >= 15 is 0 Å². The quantitative estimate of drug-likeness (QED) is 0.0741. The van der Waals surface area contributed by atoms with Crippen molar-refractivity contribution in [2.75, 3.05) is 20.0 Å². The first-order valence-corrected chi connectivity index (χ1v) is 35.4. The van der Waals surface area contributed by atoms with Crippen molar-refractivity contribution in [3.05, 3.63) is 242 Å². The molecule has 0 heterocycles. The smallest absolute Gasteiger partial charge is 0.187 e. The molecule has 4 fully saturated rings. The number of aromatic hydroxyl groups is 5. The second-order valence-electron chi connectivity index (χ2n) is 28.1. The summed E-state index contributed by atoms with van der Waals surface area (Å²) >= 11 is 0. The van der Waals surface area contributed by atoms with Crippen molar-refractivity contribution in [2.45, 2.75) is 208 Å². The van der Waals surface area contributed by atoms with Crippen LogP contribution in [-0.2, 0) is 177 Å². The van der Waals surface area contributed by atoms with Gasteiger partial charge in [0.2, 0.25) is 0 Å². The van der Waals surface area contributed by atoms with E-state index < -0.39 is 186 Å². The number of alkyl halides is 5. The number of phenols is 5. The number of benzene rings is 9. The van der Waals surface area contributed by atoms with E-state index in [1.165, 1.54) is 36.4 Å². The van der Waals surface area contributed by atoms with Crippen LogP contribution in [-0.4, -0.2) is 45.6 Å². The molecular weight excluding hydrogens is 2080 g/mol. The van der Waals surface area contributed by atoms with Crippen LogP contribution in [0.15, 0.2) is 109 Å². The number of hydrogen-bond donors (Lipinski definition) is 5. The van der Waals surface area contributed by atoms with Crippen molar-refractivity contribution < 1.29 is 290 Å². The first kappa shape index (κ1) is 135. The van der Waals surface area contributed by atoms with Crippen LogP contribution in [0.3, 0.4) is 0 Å². The van der Waals surface area contributed by atoms with Gasteiger partial charge < -0.3 is 25.5 Å². The standard InChI is InChI=1S/C19H9F7O.C19H17F5O.C19H25F3O.C13H7F5O.C13H15F3O.10CH4.5Y/c20-7-8-1-11(21)17(12(22)2-8)9-3-13(23)18(14(24)4-9)10-5-15(25)19(27)16(26)6-10;20-9-10-1-3-11(4-2-10)12-5-14(21)18(15(22)6-12)13-7-16(23)19(25)17(24)8-13;20-11-12-1-3-13(4-2-12)14-5-7-15(8-6-14)16-9-17(21)19(23)18(22)10-16;14-5-6-1-8(15)12(9(16)2-6)7-3-10(17)13(19)11(18)4-7;14-7-8-1-3-9(4-2-8)10-5-11(15)13(17)12(16)6-10;;;;;;;;;;;;;;;/h1-6,27H,7H2;5-8,10-11,25H,1-4,9H2;9-10,12-15,23H,1-8,11H2;1-4,19H,5H2;5-6,8-9,17H,1-4,7H2;10*1H4;;;;;. The van der Waals surface area contributed by atoms with Crippen molar-refractivity contribution >= 4 is 0 Å². The summed E-state index contributed by atoms with van der Waals surface area (Å²) < 4.78 is 309. The van der Waals surface area contributed by atoms with E-state index in [2.05, 4.69) is 0 Å². The fraction of sp³-hybridized carbons (Fsp3) is 0.419. The number of phenolic OH excluding ortho intramolecular Hbond substituents is 5. The van der Waals surface area contributed by atoms with E-state index in [1.807, 2.05) is 0 Å². The van der Waals surface area contributed by atoms with Gasteiger partial charge in [0.25, 0.3) is 0 Å². The molecule has 5 radical (unpaired) electrons. The molecule has 126 heavy (non-hydrogen) atoms.